The maximum Gasteiger partial charge on any atom is 0.161 e. The van der Waals surface area contributed by atoms with Crippen LogP contribution in [0.2, 0.25) is 0 Å². The lowest BCUT2D eigenvalue weighted by molar-refractivity contribution is -0.169. The molecule has 0 radical (unpaired) electrons. The molecular weight excluding hydrogens is 228 g/mol. The summed E-state index contributed by atoms with van der Waals surface area (Å²) in [4.78, 5) is 0. The fraction of sp³-hybridized carbons (Fsp3) is 0.600. The highest BCUT2D eigenvalue weighted by molar-refractivity contribution is 5.13. The molecule has 0 aliphatic carbocycles. The Morgan fingerprint density at radius 2 is 2.11 bits per heavy atom. The summed E-state index contributed by atoms with van der Waals surface area (Å²) in [6.45, 7) is 3.53. The van der Waals surface area contributed by atoms with Crippen LogP contribution in [0, 0.1) is 5.92 Å². The van der Waals surface area contributed by atoms with E-state index in [2.05, 4.69) is 19.1 Å². The molecule has 3 rings (SSSR count). The fourth-order valence-electron chi connectivity index (χ4n) is 2.76. The van der Waals surface area contributed by atoms with Crippen LogP contribution in [0.5, 0.6) is 0 Å². The van der Waals surface area contributed by atoms with Crippen molar-refractivity contribution in [1.82, 2.24) is 0 Å². The molecule has 2 aliphatic rings. The first kappa shape index (κ1) is 12.2. The molecule has 2 aliphatic heterocycles. The molecule has 2 saturated heterocycles. The first-order valence-electron chi connectivity index (χ1n) is 6.79. The molecule has 0 saturated carbocycles. The van der Waals surface area contributed by atoms with Crippen molar-refractivity contribution in [2.75, 3.05) is 6.61 Å². The predicted octanol–water partition coefficient (Wildman–Crippen LogP) is 2.74. The molecule has 0 unspecified atom stereocenters. The summed E-state index contributed by atoms with van der Waals surface area (Å²) >= 11 is 0. The van der Waals surface area contributed by atoms with Crippen molar-refractivity contribution >= 4 is 0 Å². The zero-order valence-electron chi connectivity index (χ0n) is 10.7. The number of hydrogen-bond acceptors (Lipinski definition) is 3. The van der Waals surface area contributed by atoms with E-state index >= 15 is 0 Å². The maximum atomic E-state index is 6.03. The second-order valence-corrected chi connectivity index (χ2v) is 5.12. The summed E-state index contributed by atoms with van der Waals surface area (Å²) in [5, 5.41) is 0. The number of ether oxygens (including phenoxy) is 3. The van der Waals surface area contributed by atoms with Gasteiger partial charge in [0, 0.05) is 5.92 Å². The molecule has 2 bridgehead atoms. The monoisotopic (exact) mass is 248 g/mol. The van der Waals surface area contributed by atoms with Gasteiger partial charge in [-0.2, -0.15) is 0 Å². The molecule has 4 atom stereocenters. The van der Waals surface area contributed by atoms with Gasteiger partial charge in [0.2, 0.25) is 0 Å². The van der Waals surface area contributed by atoms with Crippen molar-refractivity contribution in [3.8, 4) is 0 Å². The van der Waals surface area contributed by atoms with Crippen LogP contribution in [0.15, 0.2) is 30.3 Å². The van der Waals surface area contributed by atoms with Crippen molar-refractivity contribution in [1.29, 1.82) is 0 Å². The van der Waals surface area contributed by atoms with E-state index in [9.17, 15) is 0 Å². The quantitative estimate of drug-likeness (QED) is 0.820. The Morgan fingerprint density at radius 3 is 2.89 bits per heavy atom. The number of rotatable bonds is 4. The van der Waals surface area contributed by atoms with Crippen LogP contribution in [0.1, 0.15) is 25.3 Å². The third-order valence-electron chi connectivity index (χ3n) is 3.90. The van der Waals surface area contributed by atoms with Crippen molar-refractivity contribution in [3.05, 3.63) is 35.9 Å². The minimum Gasteiger partial charge on any atom is -0.371 e. The van der Waals surface area contributed by atoms with Gasteiger partial charge in [-0.15, -0.1) is 0 Å². The standard InChI is InChI=1S/C15H20O3/c1-2-12-8-13(14-10-17-15(12)18-14)16-9-11-6-4-3-5-7-11/h3-7,12-15H,2,8-10H2,1H3/t12-,13-,14+,15+/m0/s1. The Balaban J connectivity index is 1.59. The molecule has 0 aromatic heterocycles. The molecule has 1 aromatic rings. The number of hydrogen-bond donors (Lipinski definition) is 0. The molecule has 2 fully saturated rings. The van der Waals surface area contributed by atoms with Gasteiger partial charge in [-0.25, -0.2) is 0 Å². The normalized spacial score (nSPS) is 34.7. The van der Waals surface area contributed by atoms with Gasteiger partial charge in [0.05, 0.1) is 19.3 Å². The van der Waals surface area contributed by atoms with E-state index < -0.39 is 0 Å². The summed E-state index contributed by atoms with van der Waals surface area (Å²) in [6.07, 6.45) is 2.45. The highest BCUT2D eigenvalue weighted by Gasteiger charge is 2.43. The summed E-state index contributed by atoms with van der Waals surface area (Å²) in [6, 6.07) is 10.3. The van der Waals surface area contributed by atoms with Crippen LogP contribution < -0.4 is 0 Å². The van der Waals surface area contributed by atoms with Crippen LogP contribution in [0.4, 0.5) is 0 Å². The number of fused-ring (bicyclic) bond motifs is 2. The molecule has 0 amide bonds. The minimum atomic E-state index is 0.0107. The van der Waals surface area contributed by atoms with Crippen molar-refractivity contribution in [3.63, 3.8) is 0 Å². The van der Waals surface area contributed by atoms with Gasteiger partial charge < -0.3 is 14.2 Å². The second kappa shape index (κ2) is 5.39. The third-order valence-corrected chi connectivity index (χ3v) is 3.90. The molecule has 98 valence electrons. The van der Waals surface area contributed by atoms with Gasteiger partial charge in [0.25, 0.3) is 0 Å². The largest absolute Gasteiger partial charge is 0.371 e. The Kier molecular flexibility index (Phi) is 3.64. The smallest absolute Gasteiger partial charge is 0.161 e. The molecule has 3 nitrogen and oxygen atoms in total. The van der Waals surface area contributed by atoms with Crippen LogP contribution in [-0.4, -0.2) is 25.1 Å². The SMILES string of the molecule is CC[C@H]1C[C@H](OCc2ccccc2)[C@H]2CO[C@@H]1O2. The van der Waals surface area contributed by atoms with Gasteiger partial charge in [0.1, 0.15) is 6.10 Å². The highest BCUT2D eigenvalue weighted by Crippen LogP contribution is 2.35. The van der Waals surface area contributed by atoms with E-state index in [-0.39, 0.29) is 18.5 Å². The molecule has 18 heavy (non-hydrogen) atoms. The molecule has 3 heteroatoms. The van der Waals surface area contributed by atoms with Crippen molar-refractivity contribution in [2.45, 2.75) is 44.9 Å². The lowest BCUT2D eigenvalue weighted by atomic mass is 9.94. The average Bonchev–Trinajstić information content (AvgIpc) is 2.84. The van der Waals surface area contributed by atoms with E-state index in [1.807, 2.05) is 18.2 Å². The lowest BCUT2D eigenvalue weighted by Gasteiger charge is -2.33. The average molecular weight is 248 g/mol. The third kappa shape index (κ3) is 2.44. The Morgan fingerprint density at radius 1 is 1.28 bits per heavy atom. The van der Waals surface area contributed by atoms with Gasteiger partial charge >= 0.3 is 0 Å². The first-order valence-corrected chi connectivity index (χ1v) is 6.79. The first-order chi connectivity index (χ1) is 8.86. The topological polar surface area (TPSA) is 27.7 Å². The predicted molar refractivity (Wildman–Crippen MR) is 68.0 cm³/mol. The Labute approximate surface area is 108 Å². The van der Waals surface area contributed by atoms with Crippen LogP contribution in [-0.2, 0) is 20.8 Å². The minimum absolute atomic E-state index is 0.0107. The van der Waals surface area contributed by atoms with Crippen LogP contribution in [0.25, 0.3) is 0 Å². The zero-order valence-corrected chi connectivity index (χ0v) is 10.7. The van der Waals surface area contributed by atoms with E-state index in [0.717, 1.165) is 12.8 Å². The molecular formula is C15H20O3. The van der Waals surface area contributed by atoms with E-state index in [4.69, 9.17) is 14.2 Å². The highest BCUT2D eigenvalue weighted by atomic mass is 16.7. The number of benzene rings is 1. The van der Waals surface area contributed by atoms with Crippen LogP contribution in [0.3, 0.4) is 0 Å². The van der Waals surface area contributed by atoms with Crippen molar-refractivity contribution < 1.29 is 14.2 Å². The van der Waals surface area contributed by atoms with Crippen LogP contribution >= 0.6 is 0 Å². The summed E-state index contributed by atoms with van der Waals surface area (Å²) in [5.41, 5.74) is 1.21. The van der Waals surface area contributed by atoms with Gasteiger partial charge in [-0.3, -0.25) is 0 Å². The van der Waals surface area contributed by atoms with E-state index in [1.54, 1.807) is 0 Å². The Bertz CT molecular complexity index is 379. The van der Waals surface area contributed by atoms with Gasteiger partial charge in [-0.05, 0) is 18.4 Å². The van der Waals surface area contributed by atoms with Crippen molar-refractivity contribution in [2.24, 2.45) is 5.92 Å². The summed E-state index contributed by atoms with van der Waals surface area (Å²) < 4.78 is 17.5. The fourth-order valence-corrected chi connectivity index (χ4v) is 2.76. The molecule has 1 aromatic carbocycles. The van der Waals surface area contributed by atoms with Gasteiger partial charge in [-0.1, -0.05) is 37.3 Å². The summed E-state index contributed by atoms with van der Waals surface area (Å²) in [5.74, 6) is 0.476. The maximum absolute atomic E-state index is 6.03. The summed E-state index contributed by atoms with van der Waals surface area (Å²) in [7, 11) is 0. The lowest BCUT2D eigenvalue weighted by Crippen LogP contribution is -2.40. The Hall–Kier alpha value is -0.900. The second-order valence-electron chi connectivity index (χ2n) is 5.12. The molecule has 0 N–H and O–H groups in total. The molecule has 0 spiro atoms. The van der Waals surface area contributed by atoms with Gasteiger partial charge in [0.15, 0.2) is 6.29 Å². The molecule has 2 heterocycles. The van der Waals surface area contributed by atoms with E-state index in [0.29, 0.717) is 19.1 Å². The van der Waals surface area contributed by atoms with E-state index in [1.165, 1.54) is 5.56 Å². The zero-order chi connectivity index (χ0) is 12.4.